The highest BCUT2D eigenvalue weighted by molar-refractivity contribution is 7.20. The zero-order valence-electron chi connectivity index (χ0n) is 48.2. The first-order chi connectivity index (χ1) is 42.2. The van der Waals surface area contributed by atoms with E-state index in [1.807, 2.05) is 45.3 Å². The van der Waals surface area contributed by atoms with Gasteiger partial charge in [0.15, 0.2) is 0 Å². The highest BCUT2D eigenvalue weighted by Gasteiger charge is 2.19. The standard InChI is InChI=1S/C80H60N2S4/c1-53-13-5-9-17-69(53)77-49-45-73(83-77)59-25-37-65(38-26-59)81(66-39-27-60(28-40-66)74-46-50-78(84-74)70-18-10-6-14-54(70)2)63-33-21-57(22-34-63)58-23-35-64(36-24-58)82(67-41-29-61(30-42-67)75-47-51-79(85-75)71-19-11-7-15-55(71)3)68-43-31-62(32-44-68)76-48-52-80(86-76)72-20-12-8-16-56(72)4/h5-52H,1-4H3. The van der Waals surface area contributed by atoms with E-state index in [2.05, 4.69) is 329 Å². The van der Waals surface area contributed by atoms with Gasteiger partial charge in [-0.3, -0.25) is 0 Å². The first kappa shape index (κ1) is 54.5. The molecule has 0 bridgehead atoms. The third kappa shape index (κ3) is 11.1. The molecule has 0 spiro atoms. The van der Waals surface area contributed by atoms with Gasteiger partial charge < -0.3 is 9.80 Å². The van der Waals surface area contributed by atoms with Crippen molar-refractivity contribution in [2.75, 3.05) is 9.80 Å². The molecule has 0 unspecified atom stereocenters. The van der Waals surface area contributed by atoms with E-state index in [-0.39, 0.29) is 0 Å². The first-order valence-electron chi connectivity index (χ1n) is 29.1. The van der Waals surface area contributed by atoms with Crippen LogP contribution in [0.3, 0.4) is 0 Å². The van der Waals surface area contributed by atoms with Gasteiger partial charge in [0.1, 0.15) is 0 Å². The summed E-state index contributed by atoms with van der Waals surface area (Å²) in [6.07, 6.45) is 0. The molecule has 0 atom stereocenters. The fourth-order valence-corrected chi connectivity index (χ4v) is 16.0. The van der Waals surface area contributed by atoms with Crippen molar-refractivity contribution < 1.29 is 0 Å². The summed E-state index contributed by atoms with van der Waals surface area (Å²) in [5.74, 6) is 0. The second kappa shape index (κ2) is 23.9. The van der Waals surface area contributed by atoms with Crippen molar-refractivity contribution >= 4 is 79.5 Å². The number of benzene rings is 10. The summed E-state index contributed by atoms with van der Waals surface area (Å²) in [5.41, 5.74) is 24.0. The smallest absolute Gasteiger partial charge is 0.0462 e. The lowest BCUT2D eigenvalue weighted by atomic mass is 10.0. The number of aryl methyl sites for hydroxylation is 4. The van der Waals surface area contributed by atoms with Crippen molar-refractivity contribution in [1.29, 1.82) is 0 Å². The van der Waals surface area contributed by atoms with Gasteiger partial charge in [-0.25, -0.2) is 0 Å². The minimum Gasteiger partial charge on any atom is -0.311 e. The van der Waals surface area contributed by atoms with E-state index in [1.165, 1.54) is 106 Å². The van der Waals surface area contributed by atoms with Crippen LogP contribution in [-0.2, 0) is 0 Å². The molecule has 0 amide bonds. The van der Waals surface area contributed by atoms with E-state index in [0.29, 0.717) is 0 Å². The Balaban J connectivity index is 0.768. The zero-order chi connectivity index (χ0) is 58.1. The summed E-state index contributed by atoms with van der Waals surface area (Å²) >= 11 is 7.38. The molecule has 0 saturated carbocycles. The van der Waals surface area contributed by atoms with Gasteiger partial charge in [0.05, 0.1) is 0 Å². The predicted molar refractivity (Wildman–Crippen MR) is 375 cm³/mol. The molecular weight excluding hydrogens is 1120 g/mol. The lowest BCUT2D eigenvalue weighted by Crippen LogP contribution is -2.10. The van der Waals surface area contributed by atoms with E-state index in [0.717, 1.165) is 45.3 Å². The van der Waals surface area contributed by atoms with E-state index in [9.17, 15) is 0 Å². The Morgan fingerprint density at radius 3 is 0.547 bits per heavy atom. The molecule has 414 valence electrons. The SMILES string of the molecule is Cc1ccccc1-c1ccc(-c2ccc(N(c3ccc(-c4ccc(N(c5ccc(-c6ccc(-c7ccccc7C)s6)cc5)c5ccc(-c6ccc(-c7ccccc7C)s6)cc5)cc4)cc3)c3ccc(-c4ccc(-c5ccccc5C)s4)cc3)cc2)s1. The van der Waals surface area contributed by atoms with Gasteiger partial charge in [-0.05, 0) is 227 Å². The van der Waals surface area contributed by atoms with Crippen LogP contribution in [0.2, 0.25) is 0 Å². The van der Waals surface area contributed by atoms with Crippen molar-refractivity contribution in [2.45, 2.75) is 27.7 Å². The summed E-state index contributed by atoms with van der Waals surface area (Å²) in [4.78, 5) is 14.9. The molecule has 0 aliphatic rings. The summed E-state index contributed by atoms with van der Waals surface area (Å²) in [7, 11) is 0. The molecule has 4 aromatic heterocycles. The van der Waals surface area contributed by atoms with Crippen molar-refractivity contribution in [3.63, 3.8) is 0 Å². The zero-order valence-corrected chi connectivity index (χ0v) is 51.5. The van der Waals surface area contributed by atoms with Crippen LogP contribution in [0.4, 0.5) is 34.1 Å². The maximum absolute atomic E-state index is 2.37. The van der Waals surface area contributed by atoms with Gasteiger partial charge in [-0.1, -0.05) is 170 Å². The Bertz CT molecular complexity index is 4100. The maximum Gasteiger partial charge on any atom is 0.0462 e. The van der Waals surface area contributed by atoms with E-state index in [4.69, 9.17) is 0 Å². The first-order valence-corrected chi connectivity index (χ1v) is 32.4. The van der Waals surface area contributed by atoms with Crippen molar-refractivity contribution in [2.24, 2.45) is 0 Å². The molecule has 6 heteroatoms. The fraction of sp³-hybridized carbons (Fsp3) is 0.0500. The molecule has 0 fully saturated rings. The van der Waals surface area contributed by atoms with Crippen LogP contribution in [0, 0.1) is 27.7 Å². The normalized spacial score (nSPS) is 11.3. The number of rotatable bonds is 15. The fourth-order valence-electron chi connectivity index (χ4n) is 11.5. The van der Waals surface area contributed by atoms with Gasteiger partial charge in [-0.15, -0.1) is 45.3 Å². The van der Waals surface area contributed by atoms with Crippen LogP contribution >= 0.6 is 45.3 Å². The number of nitrogens with zero attached hydrogens (tertiary/aromatic N) is 2. The highest BCUT2D eigenvalue weighted by atomic mass is 32.1. The Kier molecular flexibility index (Phi) is 15.2. The van der Waals surface area contributed by atoms with Gasteiger partial charge >= 0.3 is 0 Å². The predicted octanol–water partition coefficient (Wildman–Crippen LogP) is 25.1. The molecule has 4 heterocycles. The number of hydrogen-bond donors (Lipinski definition) is 0. The summed E-state index contributed by atoms with van der Waals surface area (Å²) in [5, 5.41) is 0. The molecule has 0 aliphatic carbocycles. The minimum atomic E-state index is 1.09. The largest absolute Gasteiger partial charge is 0.311 e. The molecule has 2 nitrogen and oxygen atoms in total. The van der Waals surface area contributed by atoms with Crippen LogP contribution in [-0.4, -0.2) is 0 Å². The second-order valence-corrected chi connectivity index (χ2v) is 26.2. The van der Waals surface area contributed by atoms with Gasteiger partial charge in [0.2, 0.25) is 0 Å². The lowest BCUT2D eigenvalue weighted by Gasteiger charge is -2.26. The monoisotopic (exact) mass is 1180 g/mol. The summed E-state index contributed by atoms with van der Waals surface area (Å²) < 4.78 is 0. The quantitative estimate of drug-likeness (QED) is 0.101. The third-order valence-corrected chi connectivity index (χ3v) is 21.0. The number of anilines is 6. The van der Waals surface area contributed by atoms with E-state index >= 15 is 0 Å². The van der Waals surface area contributed by atoms with Crippen LogP contribution in [0.25, 0.3) is 94.7 Å². The molecule has 0 N–H and O–H groups in total. The summed E-state index contributed by atoms with van der Waals surface area (Å²) in [6.45, 7) is 8.75. The molecule has 0 saturated heterocycles. The van der Waals surface area contributed by atoms with E-state index < -0.39 is 0 Å². The Labute approximate surface area is 521 Å². The lowest BCUT2D eigenvalue weighted by molar-refractivity contribution is 1.28. The molecule has 10 aromatic carbocycles. The topological polar surface area (TPSA) is 6.48 Å². The third-order valence-electron chi connectivity index (χ3n) is 16.3. The van der Waals surface area contributed by atoms with Crippen LogP contribution < -0.4 is 9.80 Å². The van der Waals surface area contributed by atoms with Crippen LogP contribution in [0.1, 0.15) is 22.3 Å². The van der Waals surface area contributed by atoms with Gasteiger partial charge in [0.25, 0.3) is 0 Å². The van der Waals surface area contributed by atoms with Crippen molar-refractivity contribution in [3.05, 3.63) is 313 Å². The highest BCUT2D eigenvalue weighted by Crippen LogP contribution is 2.45. The Morgan fingerprint density at radius 2 is 0.349 bits per heavy atom. The molecule has 14 rings (SSSR count). The minimum absolute atomic E-state index is 1.09. The van der Waals surface area contributed by atoms with Gasteiger partial charge in [-0.2, -0.15) is 0 Å². The van der Waals surface area contributed by atoms with Gasteiger partial charge in [0, 0.05) is 73.1 Å². The molecule has 14 aromatic rings. The average Bonchev–Trinajstić information content (AvgIpc) is 4.16. The van der Waals surface area contributed by atoms with E-state index in [1.54, 1.807) is 0 Å². The summed E-state index contributed by atoms with van der Waals surface area (Å²) in [6, 6.07) is 107. The maximum atomic E-state index is 2.37. The van der Waals surface area contributed by atoms with Crippen molar-refractivity contribution in [3.8, 4) is 94.7 Å². The Hall–Kier alpha value is -9.40. The molecule has 0 aliphatic heterocycles. The van der Waals surface area contributed by atoms with Crippen molar-refractivity contribution in [1.82, 2.24) is 0 Å². The molecule has 86 heavy (non-hydrogen) atoms. The molecule has 0 radical (unpaired) electrons. The average molecular weight is 1180 g/mol. The number of hydrogen-bond acceptors (Lipinski definition) is 6. The second-order valence-electron chi connectivity index (χ2n) is 21.9. The van der Waals surface area contributed by atoms with Crippen LogP contribution in [0.5, 0.6) is 0 Å². The molecular formula is C80H60N2S4. The number of thiophene rings is 4. The Morgan fingerprint density at radius 1 is 0.174 bits per heavy atom. The van der Waals surface area contributed by atoms with Crippen LogP contribution in [0.15, 0.2) is 291 Å².